The van der Waals surface area contributed by atoms with Crippen molar-refractivity contribution in [2.75, 3.05) is 13.7 Å². The summed E-state index contributed by atoms with van der Waals surface area (Å²) in [5.41, 5.74) is -0.345. The lowest BCUT2D eigenvalue weighted by Gasteiger charge is -2.24. The van der Waals surface area contributed by atoms with E-state index in [1.54, 1.807) is 13.2 Å². The third-order valence-electron chi connectivity index (χ3n) is 1.75. The molecule has 0 aliphatic heterocycles. The molecule has 1 aromatic rings. The molecule has 0 aliphatic rings. The van der Waals surface area contributed by atoms with Crippen LogP contribution in [0.3, 0.4) is 0 Å². The van der Waals surface area contributed by atoms with Gasteiger partial charge in [-0.25, -0.2) is 0 Å². The van der Waals surface area contributed by atoms with E-state index >= 15 is 0 Å². The fraction of sp³-hybridized carbons (Fsp3) is 0.500. The summed E-state index contributed by atoms with van der Waals surface area (Å²) < 4.78 is 5.98. The van der Waals surface area contributed by atoms with Crippen LogP contribution in [0.15, 0.2) is 15.9 Å². The van der Waals surface area contributed by atoms with E-state index in [0.717, 1.165) is 3.79 Å². The van der Waals surface area contributed by atoms with Crippen LogP contribution in [0.25, 0.3) is 0 Å². The number of rotatable bonds is 4. The number of halogens is 1. The van der Waals surface area contributed by atoms with Gasteiger partial charge in [0, 0.05) is 7.11 Å². The first-order valence-electron chi connectivity index (χ1n) is 4.51. The molecule has 1 amide bonds. The summed E-state index contributed by atoms with van der Waals surface area (Å²) in [4.78, 5) is 12.5. The molecule has 0 bridgehead atoms. The van der Waals surface area contributed by atoms with Gasteiger partial charge >= 0.3 is 0 Å². The van der Waals surface area contributed by atoms with Gasteiger partial charge in [0.1, 0.15) is 0 Å². The molecule has 0 spiro atoms. The van der Waals surface area contributed by atoms with Crippen LogP contribution in [-0.4, -0.2) is 25.2 Å². The van der Waals surface area contributed by atoms with Crippen molar-refractivity contribution >= 4 is 33.2 Å². The molecule has 1 aromatic heterocycles. The van der Waals surface area contributed by atoms with Crippen molar-refractivity contribution in [1.82, 2.24) is 5.32 Å². The van der Waals surface area contributed by atoms with Gasteiger partial charge in [-0.05, 0) is 41.9 Å². The molecule has 1 heterocycles. The largest absolute Gasteiger partial charge is 0.382 e. The SMILES string of the molecule is COCC(C)(C)NC(=O)c1ccc(Br)s1. The highest BCUT2D eigenvalue weighted by Crippen LogP contribution is 2.22. The number of ether oxygens (including phenoxy) is 1. The second-order valence-corrected chi connectivity index (χ2v) is 6.34. The van der Waals surface area contributed by atoms with Crippen molar-refractivity contribution in [2.45, 2.75) is 19.4 Å². The van der Waals surface area contributed by atoms with Crippen LogP contribution in [0.4, 0.5) is 0 Å². The lowest BCUT2D eigenvalue weighted by atomic mass is 10.1. The van der Waals surface area contributed by atoms with E-state index in [-0.39, 0.29) is 11.4 Å². The van der Waals surface area contributed by atoms with Crippen molar-refractivity contribution in [2.24, 2.45) is 0 Å². The molecular weight excluding hydrogens is 278 g/mol. The van der Waals surface area contributed by atoms with Crippen LogP contribution in [0, 0.1) is 0 Å². The number of thiophene rings is 1. The maximum Gasteiger partial charge on any atom is 0.261 e. The van der Waals surface area contributed by atoms with Crippen LogP contribution in [0.2, 0.25) is 0 Å². The van der Waals surface area contributed by atoms with Crippen molar-refractivity contribution in [3.8, 4) is 0 Å². The van der Waals surface area contributed by atoms with Gasteiger partial charge in [-0.15, -0.1) is 11.3 Å². The topological polar surface area (TPSA) is 38.3 Å². The molecule has 3 nitrogen and oxygen atoms in total. The minimum Gasteiger partial charge on any atom is -0.382 e. The highest BCUT2D eigenvalue weighted by molar-refractivity contribution is 9.11. The summed E-state index contributed by atoms with van der Waals surface area (Å²) in [5.74, 6) is -0.0623. The lowest BCUT2D eigenvalue weighted by molar-refractivity contribution is 0.0824. The van der Waals surface area contributed by atoms with Crippen LogP contribution in [0.5, 0.6) is 0 Å². The van der Waals surface area contributed by atoms with Gasteiger partial charge in [0.2, 0.25) is 0 Å². The number of amides is 1. The number of carbonyl (C=O) groups excluding carboxylic acids is 1. The monoisotopic (exact) mass is 291 g/mol. The molecule has 0 saturated heterocycles. The number of methoxy groups -OCH3 is 1. The zero-order chi connectivity index (χ0) is 11.5. The van der Waals surface area contributed by atoms with E-state index < -0.39 is 0 Å². The molecule has 0 fully saturated rings. The zero-order valence-electron chi connectivity index (χ0n) is 8.96. The molecule has 5 heteroatoms. The molecule has 0 aliphatic carbocycles. The van der Waals surface area contributed by atoms with Gasteiger partial charge in [0.25, 0.3) is 5.91 Å². The van der Waals surface area contributed by atoms with Gasteiger partial charge in [-0.2, -0.15) is 0 Å². The van der Waals surface area contributed by atoms with Gasteiger partial charge in [0.05, 0.1) is 20.8 Å². The molecule has 1 rings (SSSR count). The van der Waals surface area contributed by atoms with Crippen molar-refractivity contribution < 1.29 is 9.53 Å². The Bertz CT molecular complexity index is 349. The summed E-state index contributed by atoms with van der Waals surface area (Å²) in [6.07, 6.45) is 0. The van der Waals surface area contributed by atoms with E-state index in [9.17, 15) is 4.79 Å². The summed E-state index contributed by atoms with van der Waals surface area (Å²) in [6.45, 7) is 4.35. The van der Waals surface area contributed by atoms with Crippen LogP contribution in [0.1, 0.15) is 23.5 Å². The van der Waals surface area contributed by atoms with E-state index in [0.29, 0.717) is 11.5 Å². The van der Waals surface area contributed by atoms with E-state index in [1.165, 1.54) is 11.3 Å². The van der Waals surface area contributed by atoms with Gasteiger partial charge in [-0.3, -0.25) is 4.79 Å². The van der Waals surface area contributed by atoms with Crippen LogP contribution in [-0.2, 0) is 4.74 Å². The summed E-state index contributed by atoms with van der Waals surface area (Å²) in [5, 5.41) is 2.91. The van der Waals surface area contributed by atoms with E-state index in [1.807, 2.05) is 19.9 Å². The molecule has 15 heavy (non-hydrogen) atoms. The van der Waals surface area contributed by atoms with E-state index in [2.05, 4.69) is 21.2 Å². The average molecular weight is 292 g/mol. The molecular formula is C10H14BrNO2S. The summed E-state index contributed by atoms with van der Waals surface area (Å²) in [7, 11) is 1.62. The normalized spacial score (nSPS) is 11.5. The van der Waals surface area contributed by atoms with Gasteiger partial charge in [0.15, 0.2) is 0 Å². The fourth-order valence-electron chi connectivity index (χ4n) is 1.20. The quantitative estimate of drug-likeness (QED) is 0.926. The predicted molar refractivity (Wildman–Crippen MR) is 65.4 cm³/mol. The number of carbonyl (C=O) groups is 1. The minimum atomic E-state index is -0.345. The van der Waals surface area contributed by atoms with Crippen molar-refractivity contribution in [3.63, 3.8) is 0 Å². The Morgan fingerprint density at radius 1 is 1.60 bits per heavy atom. The predicted octanol–water partition coefficient (Wildman–Crippen LogP) is 2.67. The first kappa shape index (κ1) is 12.7. The second-order valence-electron chi connectivity index (χ2n) is 3.87. The molecule has 0 radical (unpaired) electrons. The van der Waals surface area contributed by atoms with Crippen molar-refractivity contribution in [3.05, 3.63) is 20.8 Å². The van der Waals surface area contributed by atoms with E-state index in [4.69, 9.17) is 4.74 Å². The number of nitrogens with one attached hydrogen (secondary N) is 1. The Morgan fingerprint density at radius 3 is 2.73 bits per heavy atom. The molecule has 0 saturated carbocycles. The Morgan fingerprint density at radius 2 is 2.27 bits per heavy atom. The Labute approximate surface area is 102 Å². The molecule has 84 valence electrons. The van der Waals surface area contributed by atoms with Crippen molar-refractivity contribution in [1.29, 1.82) is 0 Å². The Balaban J connectivity index is 2.63. The molecule has 1 N–H and O–H groups in total. The Kier molecular flexibility index (Phi) is 4.31. The fourth-order valence-corrected chi connectivity index (χ4v) is 2.48. The second kappa shape index (κ2) is 5.09. The first-order valence-corrected chi connectivity index (χ1v) is 6.12. The summed E-state index contributed by atoms with van der Waals surface area (Å²) in [6, 6.07) is 3.66. The molecule has 0 unspecified atom stereocenters. The molecule has 0 aromatic carbocycles. The average Bonchev–Trinajstić information content (AvgIpc) is 2.50. The van der Waals surface area contributed by atoms with Crippen LogP contribution >= 0.6 is 27.3 Å². The lowest BCUT2D eigenvalue weighted by Crippen LogP contribution is -2.46. The third kappa shape index (κ3) is 3.93. The third-order valence-corrected chi connectivity index (χ3v) is 3.38. The number of hydrogen-bond acceptors (Lipinski definition) is 3. The maximum absolute atomic E-state index is 11.8. The molecule has 0 atom stereocenters. The smallest absolute Gasteiger partial charge is 0.261 e. The van der Waals surface area contributed by atoms with Gasteiger partial charge < -0.3 is 10.1 Å². The standard InChI is InChI=1S/C10H14BrNO2S/c1-10(2,6-14-3)12-9(13)7-4-5-8(11)15-7/h4-5H,6H2,1-3H3,(H,12,13). The van der Waals surface area contributed by atoms with Gasteiger partial charge in [-0.1, -0.05) is 0 Å². The maximum atomic E-state index is 11.8. The minimum absolute atomic E-state index is 0.0623. The summed E-state index contributed by atoms with van der Waals surface area (Å²) >= 11 is 4.74. The Hall–Kier alpha value is -0.390. The highest BCUT2D eigenvalue weighted by Gasteiger charge is 2.21. The highest BCUT2D eigenvalue weighted by atomic mass is 79.9. The van der Waals surface area contributed by atoms with Crippen LogP contribution < -0.4 is 5.32 Å². The number of hydrogen-bond donors (Lipinski definition) is 1. The first-order chi connectivity index (χ1) is 6.94. The zero-order valence-corrected chi connectivity index (χ0v) is 11.4.